The van der Waals surface area contributed by atoms with Gasteiger partial charge in [0.25, 0.3) is 0 Å². The molecule has 0 saturated heterocycles. The summed E-state index contributed by atoms with van der Waals surface area (Å²) in [6.45, 7) is 11.4. The van der Waals surface area contributed by atoms with E-state index >= 15 is 0 Å². The van der Waals surface area contributed by atoms with Gasteiger partial charge < -0.3 is 9.41 Å². The zero-order valence-electron chi connectivity index (χ0n) is 13.0. The van der Waals surface area contributed by atoms with Gasteiger partial charge in [-0.3, -0.25) is 6.08 Å². The van der Waals surface area contributed by atoms with Crippen LogP contribution in [0.4, 0.5) is 0 Å². The first kappa shape index (κ1) is 22.0. The fraction of sp³-hybridized carbons (Fsp3) is 0.529. The summed E-state index contributed by atoms with van der Waals surface area (Å²) in [5, 5.41) is 0. The molecule has 2 aliphatic rings. The van der Waals surface area contributed by atoms with Crippen molar-refractivity contribution in [2.45, 2.75) is 53.9 Å². The van der Waals surface area contributed by atoms with Crippen molar-refractivity contribution in [2.24, 2.45) is 5.92 Å². The van der Waals surface area contributed by atoms with Gasteiger partial charge in [-0.05, 0) is 32.3 Å². The Hall–Kier alpha value is -0.297. The number of hydrogen-bond donors (Lipinski definition) is 0. The van der Waals surface area contributed by atoms with E-state index in [2.05, 4.69) is 46.8 Å². The van der Waals surface area contributed by atoms with Crippen LogP contribution in [0.25, 0.3) is 0 Å². The van der Waals surface area contributed by atoms with Crippen molar-refractivity contribution < 1.29 is 35.6 Å². The predicted octanol–water partition coefficient (Wildman–Crippen LogP) is -0.846. The molecule has 0 N–H and O–H groups in total. The van der Waals surface area contributed by atoms with Gasteiger partial charge in [0.05, 0.1) is 0 Å². The van der Waals surface area contributed by atoms with Crippen LogP contribution in [0.2, 0.25) is 0 Å². The SMILES string of the molecule is CCCC1=[C-]CC=C1C1=C(C)C(C)=C(C)C1C.[F-].[F-].[Zr+3]. The van der Waals surface area contributed by atoms with E-state index in [4.69, 9.17) is 0 Å². The molecule has 0 nitrogen and oxygen atoms in total. The van der Waals surface area contributed by atoms with Gasteiger partial charge >= 0.3 is 26.2 Å². The molecule has 1 unspecified atom stereocenters. The topological polar surface area (TPSA) is 0 Å². The van der Waals surface area contributed by atoms with E-state index in [9.17, 15) is 0 Å². The van der Waals surface area contributed by atoms with E-state index in [1.165, 1.54) is 35.1 Å². The van der Waals surface area contributed by atoms with Crippen LogP contribution < -0.4 is 9.41 Å². The van der Waals surface area contributed by atoms with E-state index < -0.39 is 0 Å². The summed E-state index contributed by atoms with van der Waals surface area (Å²) in [6.07, 6.45) is 9.29. The zero-order chi connectivity index (χ0) is 12.6. The Bertz CT molecular complexity index is 467. The molecule has 1 atom stereocenters. The van der Waals surface area contributed by atoms with E-state index in [0.717, 1.165) is 6.42 Å². The molecular formula is C17H23F2Zr. The summed E-state index contributed by atoms with van der Waals surface area (Å²) in [7, 11) is 0. The van der Waals surface area contributed by atoms with Crippen molar-refractivity contribution in [1.29, 1.82) is 0 Å². The number of hydrogen-bond acceptors (Lipinski definition) is 0. The first-order valence-corrected chi connectivity index (χ1v) is 6.77. The van der Waals surface area contributed by atoms with E-state index in [-0.39, 0.29) is 35.6 Å². The van der Waals surface area contributed by atoms with Crippen molar-refractivity contribution in [2.75, 3.05) is 0 Å². The average Bonchev–Trinajstić information content (AvgIpc) is 2.82. The summed E-state index contributed by atoms with van der Waals surface area (Å²) in [5.41, 5.74) is 9.05. The van der Waals surface area contributed by atoms with Crippen molar-refractivity contribution in [1.82, 2.24) is 0 Å². The molecule has 0 spiro atoms. The fourth-order valence-corrected chi connectivity index (χ4v) is 3.04. The smallest absolute Gasteiger partial charge is 1.00 e. The molecule has 20 heavy (non-hydrogen) atoms. The van der Waals surface area contributed by atoms with Crippen LogP contribution in [-0.2, 0) is 26.2 Å². The monoisotopic (exact) mass is 355 g/mol. The molecule has 109 valence electrons. The molecule has 1 radical (unpaired) electrons. The largest absolute Gasteiger partial charge is 3.00 e. The van der Waals surface area contributed by atoms with Crippen LogP contribution >= 0.6 is 0 Å². The van der Waals surface area contributed by atoms with Gasteiger partial charge in [0.15, 0.2) is 0 Å². The van der Waals surface area contributed by atoms with Crippen LogP contribution in [0, 0.1) is 12.0 Å². The number of halogens is 2. The summed E-state index contributed by atoms with van der Waals surface area (Å²) in [4.78, 5) is 0. The summed E-state index contributed by atoms with van der Waals surface area (Å²) in [6, 6.07) is 0. The van der Waals surface area contributed by atoms with Gasteiger partial charge in [0.2, 0.25) is 0 Å². The van der Waals surface area contributed by atoms with Gasteiger partial charge in [-0.15, -0.1) is 12.0 Å². The third kappa shape index (κ3) is 3.67. The molecule has 3 heteroatoms. The van der Waals surface area contributed by atoms with Crippen LogP contribution in [0.3, 0.4) is 0 Å². The zero-order valence-corrected chi connectivity index (χ0v) is 15.5. The maximum absolute atomic E-state index is 3.53. The van der Waals surface area contributed by atoms with Crippen molar-refractivity contribution in [3.63, 3.8) is 0 Å². The van der Waals surface area contributed by atoms with Crippen molar-refractivity contribution in [3.05, 3.63) is 45.6 Å². The Kier molecular flexibility index (Phi) is 9.76. The first-order valence-electron chi connectivity index (χ1n) is 6.77. The van der Waals surface area contributed by atoms with Crippen LogP contribution in [0.15, 0.2) is 39.5 Å². The molecule has 0 aromatic heterocycles. The number of rotatable bonds is 3. The number of allylic oxidation sites excluding steroid dienone is 8. The van der Waals surface area contributed by atoms with Gasteiger partial charge in [0.1, 0.15) is 0 Å². The Labute approximate surface area is 141 Å². The Morgan fingerprint density at radius 1 is 1.15 bits per heavy atom. The molecule has 0 bridgehead atoms. The van der Waals surface area contributed by atoms with Gasteiger partial charge in [-0.2, -0.15) is 11.6 Å². The Morgan fingerprint density at radius 3 is 2.20 bits per heavy atom. The minimum Gasteiger partial charge on any atom is -1.00 e. The molecule has 0 aromatic rings. The second-order valence-electron chi connectivity index (χ2n) is 5.30. The second kappa shape index (κ2) is 8.87. The molecule has 0 aromatic carbocycles. The van der Waals surface area contributed by atoms with E-state index in [1.807, 2.05) is 0 Å². The van der Waals surface area contributed by atoms with Crippen LogP contribution in [0.1, 0.15) is 53.9 Å². The molecule has 0 heterocycles. The molecular weight excluding hydrogens is 333 g/mol. The molecule has 0 saturated carbocycles. The van der Waals surface area contributed by atoms with Gasteiger partial charge in [-0.1, -0.05) is 37.8 Å². The molecule has 2 rings (SSSR count). The van der Waals surface area contributed by atoms with Crippen LogP contribution in [0.5, 0.6) is 0 Å². The van der Waals surface area contributed by atoms with Gasteiger partial charge in [0, 0.05) is 0 Å². The van der Waals surface area contributed by atoms with Crippen molar-refractivity contribution >= 4 is 0 Å². The average molecular weight is 357 g/mol. The third-order valence-corrected chi connectivity index (χ3v) is 4.38. The summed E-state index contributed by atoms with van der Waals surface area (Å²) in [5.74, 6) is 0.591. The van der Waals surface area contributed by atoms with E-state index in [0.29, 0.717) is 5.92 Å². The maximum Gasteiger partial charge on any atom is 3.00 e. The second-order valence-corrected chi connectivity index (χ2v) is 5.30. The molecule has 0 aliphatic heterocycles. The van der Waals surface area contributed by atoms with Crippen molar-refractivity contribution in [3.8, 4) is 0 Å². The minimum atomic E-state index is 0. The van der Waals surface area contributed by atoms with E-state index in [1.54, 1.807) is 11.1 Å². The standard InChI is InChI=1S/C17H23.2FH.Zr/c1-6-8-15-9-7-10-16(15)17-13(4)11(2)12(3)14(17)5;;;/h10,13H,6-8H2,1-5H3;2*1H;/q-1;;;+3/p-2. The Balaban J connectivity index is 0. The van der Waals surface area contributed by atoms with Gasteiger partial charge in [-0.25, -0.2) is 5.57 Å². The van der Waals surface area contributed by atoms with Crippen LogP contribution in [-0.4, -0.2) is 0 Å². The minimum absolute atomic E-state index is 0. The quantitative estimate of drug-likeness (QED) is 0.578. The molecule has 0 fully saturated rings. The summed E-state index contributed by atoms with van der Waals surface area (Å²) >= 11 is 0. The third-order valence-electron chi connectivity index (χ3n) is 4.38. The maximum atomic E-state index is 3.53. The predicted molar refractivity (Wildman–Crippen MR) is 74.6 cm³/mol. The summed E-state index contributed by atoms with van der Waals surface area (Å²) < 4.78 is 0. The molecule has 0 amide bonds. The Morgan fingerprint density at radius 2 is 1.75 bits per heavy atom. The fourth-order valence-electron chi connectivity index (χ4n) is 3.04. The normalized spacial score (nSPS) is 20.9. The first-order chi connectivity index (χ1) is 8.07. The molecule has 2 aliphatic carbocycles.